The number of hydrogen-bond acceptors (Lipinski definition) is 4. The van der Waals surface area contributed by atoms with Crippen molar-refractivity contribution in [3.8, 4) is 0 Å². The molecular formula is C22H25N3O3S. The quantitative estimate of drug-likeness (QED) is 0.625. The van der Waals surface area contributed by atoms with Crippen molar-refractivity contribution in [3.63, 3.8) is 0 Å². The van der Waals surface area contributed by atoms with Crippen molar-refractivity contribution < 1.29 is 13.2 Å². The third-order valence-corrected chi connectivity index (χ3v) is 7.16. The van der Waals surface area contributed by atoms with Gasteiger partial charge in [0, 0.05) is 37.8 Å². The summed E-state index contributed by atoms with van der Waals surface area (Å²) < 4.78 is 35.4. The number of rotatable bonds is 6. The van der Waals surface area contributed by atoms with Gasteiger partial charge in [-0.05, 0) is 24.6 Å². The summed E-state index contributed by atoms with van der Waals surface area (Å²) in [6, 6.07) is 17.0. The van der Waals surface area contributed by atoms with E-state index in [1.165, 1.54) is 0 Å². The summed E-state index contributed by atoms with van der Waals surface area (Å²) in [6.07, 6.45) is 0.641. The maximum absolute atomic E-state index is 13.1. The van der Waals surface area contributed by atoms with Crippen molar-refractivity contribution in [1.29, 1.82) is 0 Å². The van der Waals surface area contributed by atoms with Crippen LogP contribution in [0.5, 0.6) is 0 Å². The van der Waals surface area contributed by atoms with Crippen LogP contribution in [0.4, 0.5) is 0 Å². The van der Waals surface area contributed by atoms with Gasteiger partial charge in [-0.2, -0.15) is 9.40 Å². The minimum absolute atomic E-state index is 0.323. The second kappa shape index (κ2) is 8.10. The molecule has 0 aliphatic carbocycles. The van der Waals surface area contributed by atoms with Crippen molar-refractivity contribution in [2.45, 2.75) is 38.0 Å². The molecule has 1 aromatic heterocycles. The highest BCUT2D eigenvalue weighted by molar-refractivity contribution is 7.89. The minimum Gasteiger partial charge on any atom is -0.370 e. The number of aromatic nitrogens is 2. The summed E-state index contributed by atoms with van der Waals surface area (Å²) in [7, 11) is -1.63. The molecule has 0 unspecified atom stereocenters. The zero-order valence-electron chi connectivity index (χ0n) is 16.7. The SMILES string of the molecule is Cc1ccc(S(=O)(=O)N2CCc3c(c(COCc4ccccc4)nn3C)C2)cc1. The van der Waals surface area contributed by atoms with Crippen molar-refractivity contribution in [2.24, 2.45) is 7.05 Å². The Morgan fingerprint density at radius 3 is 2.48 bits per heavy atom. The van der Waals surface area contributed by atoms with Gasteiger partial charge in [0.2, 0.25) is 10.0 Å². The molecule has 7 heteroatoms. The van der Waals surface area contributed by atoms with Gasteiger partial charge in [-0.15, -0.1) is 0 Å². The number of nitrogens with zero attached hydrogens (tertiary/aromatic N) is 3. The van der Waals surface area contributed by atoms with E-state index in [9.17, 15) is 8.42 Å². The molecule has 2 aromatic carbocycles. The van der Waals surface area contributed by atoms with E-state index in [4.69, 9.17) is 4.74 Å². The molecule has 1 aliphatic heterocycles. The van der Waals surface area contributed by atoms with Gasteiger partial charge >= 0.3 is 0 Å². The summed E-state index contributed by atoms with van der Waals surface area (Å²) in [4.78, 5) is 0.331. The number of aryl methyl sites for hydroxylation is 2. The second-order valence-corrected chi connectivity index (χ2v) is 9.31. The lowest BCUT2D eigenvalue weighted by atomic mass is 10.1. The highest BCUT2D eigenvalue weighted by Gasteiger charge is 2.31. The van der Waals surface area contributed by atoms with E-state index in [-0.39, 0.29) is 0 Å². The molecule has 29 heavy (non-hydrogen) atoms. The molecular weight excluding hydrogens is 386 g/mol. The topological polar surface area (TPSA) is 64.4 Å². The fourth-order valence-electron chi connectivity index (χ4n) is 3.67. The Morgan fingerprint density at radius 2 is 1.76 bits per heavy atom. The van der Waals surface area contributed by atoms with Crippen LogP contribution < -0.4 is 0 Å². The highest BCUT2D eigenvalue weighted by atomic mass is 32.2. The van der Waals surface area contributed by atoms with E-state index in [2.05, 4.69) is 5.10 Å². The van der Waals surface area contributed by atoms with Crippen LogP contribution in [-0.4, -0.2) is 29.0 Å². The Kier molecular flexibility index (Phi) is 5.54. The van der Waals surface area contributed by atoms with Gasteiger partial charge in [-0.1, -0.05) is 48.0 Å². The van der Waals surface area contributed by atoms with E-state index < -0.39 is 10.0 Å². The molecule has 1 aliphatic rings. The van der Waals surface area contributed by atoms with E-state index in [1.54, 1.807) is 16.4 Å². The Balaban J connectivity index is 1.51. The maximum Gasteiger partial charge on any atom is 0.243 e. The third kappa shape index (κ3) is 4.12. The average Bonchev–Trinajstić information content (AvgIpc) is 3.04. The van der Waals surface area contributed by atoms with Gasteiger partial charge in [-0.25, -0.2) is 8.42 Å². The predicted molar refractivity (Wildman–Crippen MR) is 111 cm³/mol. The summed E-state index contributed by atoms with van der Waals surface area (Å²) in [5.74, 6) is 0. The lowest BCUT2D eigenvalue weighted by Crippen LogP contribution is -2.36. The van der Waals surface area contributed by atoms with Crippen molar-refractivity contribution >= 4 is 10.0 Å². The lowest BCUT2D eigenvalue weighted by Gasteiger charge is -2.27. The Labute approximate surface area is 171 Å². The Hall–Kier alpha value is -2.48. The van der Waals surface area contributed by atoms with Crippen LogP contribution in [0.15, 0.2) is 59.5 Å². The molecule has 0 N–H and O–H groups in total. The molecule has 0 saturated carbocycles. The van der Waals surface area contributed by atoms with Crippen LogP contribution in [0, 0.1) is 6.92 Å². The first-order chi connectivity index (χ1) is 13.9. The standard InChI is InChI=1S/C22H25N3O3S/c1-17-8-10-19(11-9-17)29(26,27)25-13-12-22-20(14-25)21(23-24(22)2)16-28-15-18-6-4-3-5-7-18/h3-11H,12-16H2,1-2H3. The van der Waals surface area contributed by atoms with Gasteiger partial charge in [0.15, 0.2) is 0 Å². The van der Waals surface area contributed by atoms with Crippen LogP contribution in [0.2, 0.25) is 0 Å². The van der Waals surface area contributed by atoms with E-state index in [0.717, 1.165) is 28.1 Å². The molecule has 6 nitrogen and oxygen atoms in total. The van der Waals surface area contributed by atoms with Gasteiger partial charge in [-0.3, -0.25) is 4.68 Å². The van der Waals surface area contributed by atoms with E-state index in [0.29, 0.717) is 37.6 Å². The van der Waals surface area contributed by atoms with Crippen LogP contribution >= 0.6 is 0 Å². The molecule has 0 amide bonds. The zero-order valence-corrected chi connectivity index (χ0v) is 17.5. The van der Waals surface area contributed by atoms with Crippen LogP contribution in [0.3, 0.4) is 0 Å². The number of fused-ring (bicyclic) bond motifs is 1. The second-order valence-electron chi connectivity index (χ2n) is 7.38. The smallest absolute Gasteiger partial charge is 0.243 e. The van der Waals surface area contributed by atoms with Gasteiger partial charge < -0.3 is 4.74 Å². The minimum atomic E-state index is -3.54. The molecule has 0 bridgehead atoms. The summed E-state index contributed by atoms with van der Waals surface area (Å²) in [5, 5.41) is 4.59. The Bertz CT molecular complexity index is 1090. The van der Waals surface area contributed by atoms with E-state index in [1.807, 2.05) is 61.1 Å². The molecule has 0 atom stereocenters. The van der Waals surface area contributed by atoms with Crippen molar-refractivity contribution in [1.82, 2.24) is 14.1 Å². The lowest BCUT2D eigenvalue weighted by molar-refractivity contribution is 0.103. The summed E-state index contributed by atoms with van der Waals surface area (Å²) >= 11 is 0. The van der Waals surface area contributed by atoms with Crippen LogP contribution in [0.1, 0.15) is 28.1 Å². The first kappa shape index (κ1) is 19.8. The number of ether oxygens (including phenoxy) is 1. The zero-order chi connectivity index (χ0) is 20.4. The number of benzene rings is 2. The first-order valence-corrected chi connectivity index (χ1v) is 11.1. The Morgan fingerprint density at radius 1 is 1.03 bits per heavy atom. The molecule has 0 saturated heterocycles. The van der Waals surface area contributed by atoms with Crippen LogP contribution in [-0.2, 0) is 48.0 Å². The van der Waals surface area contributed by atoms with Gasteiger partial charge in [0.05, 0.1) is 23.8 Å². The average molecular weight is 412 g/mol. The highest BCUT2D eigenvalue weighted by Crippen LogP contribution is 2.27. The molecule has 4 rings (SSSR count). The first-order valence-electron chi connectivity index (χ1n) is 9.67. The molecule has 0 radical (unpaired) electrons. The molecule has 0 fully saturated rings. The van der Waals surface area contributed by atoms with Gasteiger partial charge in [0.25, 0.3) is 0 Å². The normalized spacial score (nSPS) is 14.7. The van der Waals surface area contributed by atoms with E-state index >= 15 is 0 Å². The molecule has 0 spiro atoms. The fourth-order valence-corrected chi connectivity index (χ4v) is 5.07. The summed E-state index contributed by atoms with van der Waals surface area (Å²) in [6.45, 7) is 3.57. The van der Waals surface area contributed by atoms with Crippen molar-refractivity contribution in [3.05, 3.63) is 82.7 Å². The molecule has 2 heterocycles. The largest absolute Gasteiger partial charge is 0.370 e. The summed E-state index contributed by atoms with van der Waals surface area (Å²) in [5.41, 5.74) is 4.99. The van der Waals surface area contributed by atoms with Crippen LogP contribution in [0.25, 0.3) is 0 Å². The molecule has 152 valence electrons. The molecule has 3 aromatic rings. The monoisotopic (exact) mass is 411 g/mol. The van der Waals surface area contributed by atoms with Gasteiger partial charge in [0.1, 0.15) is 0 Å². The van der Waals surface area contributed by atoms with Crippen molar-refractivity contribution in [2.75, 3.05) is 6.54 Å². The maximum atomic E-state index is 13.1. The third-order valence-electron chi connectivity index (χ3n) is 5.30. The number of hydrogen-bond donors (Lipinski definition) is 0. The predicted octanol–water partition coefficient (Wildman–Crippen LogP) is 3.19. The fraction of sp³-hybridized carbons (Fsp3) is 0.318. The number of sulfonamides is 1.